The zero-order chi connectivity index (χ0) is 18.5. The number of ether oxygens (including phenoxy) is 1. The van der Waals surface area contributed by atoms with Gasteiger partial charge in [-0.15, -0.1) is 0 Å². The van der Waals surface area contributed by atoms with E-state index in [2.05, 4.69) is 29.2 Å². The van der Waals surface area contributed by atoms with E-state index in [1.165, 1.54) is 6.20 Å². The van der Waals surface area contributed by atoms with Crippen LogP contribution in [0, 0.1) is 23.2 Å². The van der Waals surface area contributed by atoms with E-state index in [9.17, 15) is 4.79 Å². The Morgan fingerprint density at radius 1 is 1.33 bits per heavy atom. The summed E-state index contributed by atoms with van der Waals surface area (Å²) in [4.78, 5) is 19.8. The predicted octanol–water partition coefficient (Wildman–Crippen LogP) is 3.52. The summed E-state index contributed by atoms with van der Waals surface area (Å²) in [5.74, 6) is 1.28. The number of amides is 1. The molecule has 7 heteroatoms. The van der Waals surface area contributed by atoms with Gasteiger partial charge < -0.3 is 4.74 Å². The van der Waals surface area contributed by atoms with Crippen LogP contribution in [0.4, 0.5) is 10.6 Å². The number of carbonyl (C=O) groups is 1. The van der Waals surface area contributed by atoms with Gasteiger partial charge in [0.2, 0.25) is 5.82 Å². The Hall–Kier alpha value is -2.36. The number of anilines is 1. The molecule has 0 saturated heterocycles. The molecule has 24 heavy (non-hydrogen) atoms. The fraction of sp³-hybridized carbons (Fsp3) is 0.647. The number of aromatic nitrogens is 2. The Morgan fingerprint density at radius 2 is 2.00 bits per heavy atom. The van der Waals surface area contributed by atoms with Crippen LogP contribution in [0.25, 0.3) is 0 Å². The molecule has 0 atom stereocenters. The van der Waals surface area contributed by atoms with Crippen molar-refractivity contribution in [2.45, 2.75) is 48.0 Å². The van der Waals surface area contributed by atoms with Gasteiger partial charge in [-0.25, -0.2) is 15.2 Å². The summed E-state index contributed by atoms with van der Waals surface area (Å²) >= 11 is 0. The molecule has 1 aromatic heterocycles. The number of hydrogen-bond acceptors (Lipinski definition) is 6. The van der Waals surface area contributed by atoms with Crippen molar-refractivity contribution in [3.63, 3.8) is 0 Å². The van der Waals surface area contributed by atoms with Crippen LogP contribution in [0.15, 0.2) is 12.3 Å². The second-order valence-corrected chi connectivity index (χ2v) is 5.78. The van der Waals surface area contributed by atoms with Crippen molar-refractivity contribution in [3.05, 3.63) is 18.1 Å². The summed E-state index contributed by atoms with van der Waals surface area (Å²) in [7, 11) is 0. The molecule has 0 aromatic carbocycles. The highest BCUT2D eigenvalue weighted by Crippen LogP contribution is 2.10. The van der Waals surface area contributed by atoms with E-state index in [0.717, 1.165) is 6.42 Å². The molecule has 1 N–H and O–H groups in total. The summed E-state index contributed by atoms with van der Waals surface area (Å²) in [6.45, 7) is 13.1. The molecule has 0 aliphatic rings. The number of nitrogens with one attached hydrogen (secondary N) is 1. The van der Waals surface area contributed by atoms with E-state index in [1.807, 2.05) is 33.8 Å². The van der Waals surface area contributed by atoms with Crippen LogP contribution in [-0.2, 0) is 4.74 Å². The first-order chi connectivity index (χ1) is 11.4. The van der Waals surface area contributed by atoms with Crippen molar-refractivity contribution >= 4 is 11.9 Å². The first-order valence-electron chi connectivity index (χ1n) is 8.36. The second kappa shape index (κ2) is 12.1. The third-order valence-electron chi connectivity index (χ3n) is 2.72. The van der Waals surface area contributed by atoms with E-state index < -0.39 is 6.09 Å². The van der Waals surface area contributed by atoms with E-state index in [4.69, 9.17) is 10.00 Å². The Labute approximate surface area is 145 Å². The van der Waals surface area contributed by atoms with Crippen LogP contribution in [-0.4, -0.2) is 29.2 Å². The highest BCUT2D eigenvalue weighted by atomic mass is 16.6. The van der Waals surface area contributed by atoms with Gasteiger partial charge in [0.1, 0.15) is 6.07 Å². The normalized spacial score (nSPS) is 9.79. The molecular formula is C17H29N5O2. The van der Waals surface area contributed by atoms with Crippen LogP contribution >= 0.6 is 0 Å². The van der Waals surface area contributed by atoms with Crippen molar-refractivity contribution in [1.29, 1.82) is 5.26 Å². The maximum atomic E-state index is 11.9. The number of hydrazine groups is 1. The molecule has 0 saturated carbocycles. The van der Waals surface area contributed by atoms with Crippen molar-refractivity contribution in [2.75, 3.05) is 18.2 Å². The molecule has 0 aliphatic carbocycles. The Morgan fingerprint density at radius 3 is 2.54 bits per heavy atom. The maximum absolute atomic E-state index is 11.9. The molecule has 0 spiro atoms. The average molecular weight is 335 g/mol. The minimum atomic E-state index is -0.529. The average Bonchev–Trinajstić information content (AvgIpc) is 2.55. The Bertz CT molecular complexity index is 526. The van der Waals surface area contributed by atoms with Crippen LogP contribution in [0.5, 0.6) is 0 Å². The number of carbonyl (C=O) groups excluding carboxylic acids is 1. The van der Waals surface area contributed by atoms with Gasteiger partial charge >= 0.3 is 6.09 Å². The summed E-state index contributed by atoms with van der Waals surface area (Å²) in [6.07, 6.45) is 1.77. The molecule has 7 nitrogen and oxygen atoms in total. The largest absolute Gasteiger partial charge is 0.448 e. The highest BCUT2D eigenvalue weighted by molar-refractivity contribution is 5.69. The van der Waals surface area contributed by atoms with E-state index >= 15 is 0 Å². The van der Waals surface area contributed by atoms with Gasteiger partial charge in [-0.1, -0.05) is 41.5 Å². The smallest absolute Gasteiger partial charge is 0.426 e. The van der Waals surface area contributed by atoms with Crippen molar-refractivity contribution in [1.82, 2.24) is 15.4 Å². The van der Waals surface area contributed by atoms with E-state index in [0.29, 0.717) is 24.9 Å². The number of rotatable bonds is 7. The molecule has 1 aromatic rings. The zero-order valence-corrected chi connectivity index (χ0v) is 15.5. The molecule has 0 aliphatic heterocycles. The van der Waals surface area contributed by atoms with Gasteiger partial charge in [0.25, 0.3) is 0 Å². The van der Waals surface area contributed by atoms with Crippen LogP contribution < -0.4 is 10.4 Å². The van der Waals surface area contributed by atoms with Crippen molar-refractivity contribution in [2.24, 2.45) is 11.8 Å². The van der Waals surface area contributed by atoms with Crippen LogP contribution in [0.3, 0.4) is 0 Å². The topological polar surface area (TPSA) is 91.1 Å². The van der Waals surface area contributed by atoms with Crippen molar-refractivity contribution < 1.29 is 9.53 Å². The van der Waals surface area contributed by atoms with E-state index in [1.54, 1.807) is 11.1 Å². The van der Waals surface area contributed by atoms with Gasteiger partial charge in [0, 0.05) is 18.8 Å². The molecule has 1 rings (SSSR count). The van der Waals surface area contributed by atoms with Gasteiger partial charge in [-0.05, 0) is 18.3 Å². The molecule has 0 radical (unpaired) electrons. The third kappa shape index (κ3) is 8.93. The summed E-state index contributed by atoms with van der Waals surface area (Å²) in [6, 6.07) is 3.52. The lowest BCUT2D eigenvalue weighted by Gasteiger charge is -2.25. The first-order valence-corrected chi connectivity index (χ1v) is 8.36. The lowest BCUT2D eigenvalue weighted by molar-refractivity contribution is 0.139. The minimum absolute atomic E-state index is 0.0567. The molecule has 1 heterocycles. The first kappa shape index (κ1) is 21.6. The maximum Gasteiger partial charge on any atom is 0.426 e. The lowest BCUT2D eigenvalue weighted by Crippen LogP contribution is -2.45. The minimum Gasteiger partial charge on any atom is -0.448 e. The summed E-state index contributed by atoms with van der Waals surface area (Å²) in [5, 5.41) is 10.4. The SMILES string of the molecule is CC.CC(C)CCOC(=O)NN(CC(C)C)c1ccnc(C#N)n1. The lowest BCUT2D eigenvalue weighted by atomic mass is 10.1. The zero-order valence-electron chi connectivity index (χ0n) is 15.5. The second-order valence-electron chi connectivity index (χ2n) is 5.78. The number of nitrogens with zero attached hydrogens (tertiary/aromatic N) is 4. The third-order valence-corrected chi connectivity index (χ3v) is 2.72. The van der Waals surface area contributed by atoms with Crippen LogP contribution in [0.2, 0.25) is 0 Å². The summed E-state index contributed by atoms with van der Waals surface area (Å²) in [5.41, 5.74) is 2.66. The van der Waals surface area contributed by atoms with Crippen molar-refractivity contribution in [3.8, 4) is 6.07 Å². The molecule has 0 bridgehead atoms. The molecule has 0 fully saturated rings. The number of nitriles is 1. The molecular weight excluding hydrogens is 306 g/mol. The highest BCUT2D eigenvalue weighted by Gasteiger charge is 2.15. The van der Waals surface area contributed by atoms with Gasteiger partial charge in [0.05, 0.1) is 6.61 Å². The molecule has 134 valence electrons. The number of hydrogen-bond donors (Lipinski definition) is 1. The monoisotopic (exact) mass is 335 g/mol. The molecule has 1 amide bonds. The molecule has 0 unspecified atom stereocenters. The van der Waals surface area contributed by atoms with Gasteiger partial charge in [-0.2, -0.15) is 10.2 Å². The fourth-order valence-corrected chi connectivity index (χ4v) is 1.64. The Kier molecular flexibility index (Phi) is 10.9. The summed E-state index contributed by atoms with van der Waals surface area (Å²) < 4.78 is 5.14. The standard InChI is InChI=1S/C15H23N5O2.C2H6/c1-11(2)6-8-22-15(21)19-20(10-12(3)4)14-5-7-17-13(9-16)18-14;1-2/h5,7,11-12H,6,8,10H2,1-4H3,(H,19,21);1-2H3. The van der Waals surface area contributed by atoms with Gasteiger partial charge in [0.15, 0.2) is 5.82 Å². The van der Waals surface area contributed by atoms with E-state index in [-0.39, 0.29) is 11.7 Å². The quantitative estimate of drug-likeness (QED) is 0.767. The van der Waals surface area contributed by atoms with Gasteiger partial charge in [-0.3, -0.25) is 5.01 Å². The predicted molar refractivity (Wildman–Crippen MR) is 94.2 cm³/mol. The fourth-order valence-electron chi connectivity index (χ4n) is 1.64. The Balaban J connectivity index is 0.00000254. The van der Waals surface area contributed by atoms with Crippen LogP contribution in [0.1, 0.15) is 53.8 Å².